The maximum Gasteiger partial charge on any atom is 0.251 e. The van der Waals surface area contributed by atoms with Gasteiger partial charge in [0.05, 0.1) is 0 Å². The second kappa shape index (κ2) is 8.99. The lowest BCUT2D eigenvalue weighted by molar-refractivity contribution is -0.133. The highest BCUT2D eigenvalue weighted by molar-refractivity contribution is 5.97. The molecule has 8 nitrogen and oxygen atoms in total. The molecule has 2 heterocycles. The Morgan fingerprint density at radius 2 is 1.68 bits per heavy atom. The van der Waals surface area contributed by atoms with Crippen LogP contribution in [0.15, 0.2) is 59.1 Å². The van der Waals surface area contributed by atoms with Crippen molar-refractivity contribution in [2.75, 3.05) is 31.1 Å². The molecule has 8 heteroatoms. The van der Waals surface area contributed by atoms with Crippen molar-refractivity contribution in [3.63, 3.8) is 0 Å². The molecule has 0 aliphatic carbocycles. The number of aryl methyl sites for hydroxylation is 1. The molecule has 0 saturated carbocycles. The number of benzene rings is 2. The lowest BCUT2D eigenvalue weighted by Crippen LogP contribution is -2.54. The molecule has 2 amide bonds. The Labute approximate surface area is 180 Å². The summed E-state index contributed by atoms with van der Waals surface area (Å²) >= 11 is 0. The molecule has 1 aromatic heterocycles. The van der Waals surface area contributed by atoms with Gasteiger partial charge in [0.2, 0.25) is 17.6 Å². The number of hydrogen-bond acceptors (Lipinski definition) is 6. The summed E-state index contributed by atoms with van der Waals surface area (Å²) in [7, 11) is 0. The lowest BCUT2D eigenvalue weighted by Gasteiger charge is -2.37. The van der Waals surface area contributed by atoms with Crippen LogP contribution in [0.3, 0.4) is 0 Å². The van der Waals surface area contributed by atoms with E-state index in [2.05, 4.69) is 20.4 Å². The summed E-state index contributed by atoms with van der Waals surface area (Å²) in [4.78, 5) is 33.4. The summed E-state index contributed by atoms with van der Waals surface area (Å²) in [5, 5.41) is 6.74. The van der Waals surface area contributed by atoms with Crippen LogP contribution in [0.25, 0.3) is 11.4 Å². The Hall–Kier alpha value is -3.68. The number of amides is 2. The van der Waals surface area contributed by atoms with Crippen LogP contribution in [-0.4, -0.2) is 59.1 Å². The highest BCUT2D eigenvalue weighted by atomic mass is 16.5. The third-order valence-corrected chi connectivity index (χ3v) is 5.36. The molecule has 1 fully saturated rings. The third kappa shape index (κ3) is 4.74. The average molecular weight is 419 g/mol. The Balaban J connectivity index is 1.30. The van der Waals surface area contributed by atoms with Crippen molar-refractivity contribution >= 4 is 17.5 Å². The third-order valence-electron chi connectivity index (χ3n) is 5.36. The van der Waals surface area contributed by atoms with Crippen molar-refractivity contribution in [1.82, 2.24) is 20.4 Å². The SMILES string of the molecule is Cc1nc(-c2ccc(N3CCN(C(=O)[C@H](C)NC(=O)c4ccccc4)CC3)cc2)no1. The van der Waals surface area contributed by atoms with Crippen molar-refractivity contribution in [1.29, 1.82) is 0 Å². The van der Waals surface area contributed by atoms with E-state index in [1.54, 1.807) is 38.1 Å². The van der Waals surface area contributed by atoms with Gasteiger partial charge in [-0.25, -0.2) is 0 Å². The number of nitrogens with one attached hydrogen (secondary N) is 1. The number of anilines is 1. The van der Waals surface area contributed by atoms with Gasteiger partial charge in [-0.05, 0) is 43.3 Å². The van der Waals surface area contributed by atoms with E-state index in [9.17, 15) is 9.59 Å². The quantitative estimate of drug-likeness (QED) is 0.683. The molecule has 3 aromatic rings. The highest BCUT2D eigenvalue weighted by Crippen LogP contribution is 2.22. The first-order valence-electron chi connectivity index (χ1n) is 10.3. The minimum atomic E-state index is -0.572. The second-order valence-corrected chi connectivity index (χ2v) is 7.56. The summed E-state index contributed by atoms with van der Waals surface area (Å²) in [6, 6.07) is 16.3. The molecule has 0 unspecified atom stereocenters. The molecule has 31 heavy (non-hydrogen) atoms. The van der Waals surface area contributed by atoms with Crippen LogP contribution in [-0.2, 0) is 4.79 Å². The Morgan fingerprint density at radius 1 is 1.00 bits per heavy atom. The molecule has 1 atom stereocenters. The fourth-order valence-electron chi connectivity index (χ4n) is 3.63. The number of carbonyl (C=O) groups is 2. The fourth-order valence-corrected chi connectivity index (χ4v) is 3.63. The van der Waals surface area contributed by atoms with E-state index in [0.29, 0.717) is 30.4 Å². The van der Waals surface area contributed by atoms with E-state index in [-0.39, 0.29) is 11.8 Å². The smallest absolute Gasteiger partial charge is 0.251 e. The molecule has 2 aromatic carbocycles. The zero-order valence-corrected chi connectivity index (χ0v) is 17.6. The minimum Gasteiger partial charge on any atom is -0.368 e. The molecule has 160 valence electrons. The fraction of sp³-hybridized carbons (Fsp3) is 0.304. The van der Waals surface area contributed by atoms with E-state index < -0.39 is 6.04 Å². The van der Waals surface area contributed by atoms with Crippen LogP contribution in [0.5, 0.6) is 0 Å². The number of carbonyl (C=O) groups excluding carboxylic acids is 2. The summed E-state index contributed by atoms with van der Waals surface area (Å²) in [6.07, 6.45) is 0. The molecule has 1 aliphatic rings. The predicted octanol–water partition coefficient (Wildman–Crippen LogP) is 2.51. The monoisotopic (exact) mass is 419 g/mol. The minimum absolute atomic E-state index is 0.0632. The summed E-state index contributed by atoms with van der Waals surface area (Å²) in [5.74, 6) is 0.809. The van der Waals surface area contributed by atoms with Crippen LogP contribution in [0.4, 0.5) is 5.69 Å². The van der Waals surface area contributed by atoms with Gasteiger partial charge < -0.3 is 19.6 Å². The molecule has 4 rings (SSSR count). The summed E-state index contributed by atoms with van der Waals surface area (Å²) < 4.78 is 5.03. The van der Waals surface area contributed by atoms with Crippen LogP contribution in [0.1, 0.15) is 23.2 Å². The first-order chi connectivity index (χ1) is 15.0. The molecule has 0 spiro atoms. The van der Waals surface area contributed by atoms with Crippen molar-refractivity contribution in [2.45, 2.75) is 19.9 Å². The molecule has 0 bridgehead atoms. The van der Waals surface area contributed by atoms with Crippen molar-refractivity contribution in [3.8, 4) is 11.4 Å². The van der Waals surface area contributed by atoms with Crippen LogP contribution >= 0.6 is 0 Å². The zero-order valence-electron chi connectivity index (χ0n) is 17.6. The van der Waals surface area contributed by atoms with E-state index in [4.69, 9.17) is 4.52 Å². The Kier molecular flexibility index (Phi) is 5.97. The first-order valence-corrected chi connectivity index (χ1v) is 10.3. The average Bonchev–Trinajstić information content (AvgIpc) is 3.25. The Morgan fingerprint density at radius 3 is 2.29 bits per heavy atom. The van der Waals surface area contributed by atoms with Gasteiger partial charge >= 0.3 is 0 Å². The number of piperazine rings is 1. The first kappa shape index (κ1) is 20.6. The topological polar surface area (TPSA) is 91.6 Å². The zero-order chi connectivity index (χ0) is 21.8. The van der Waals surface area contributed by atoms with Crippen molar-refractivity contribution in [3.05, 3.63) is 66.1 Å². The predicted molar refractivity (Wildman–Crippen MR) is 117 cm³/mol. The standard InChI is InChI=1S/C23H25N5O3/c1-16(24-22(29)19-6-4-3-5-7-19)23(30)28-14-12-27(13-15-28)20-10-8-18(9-11-20)21-25-17(2)31-26-21/h3-11,16H,12-15H2,1-2H3,(H,24,29)/t16-/m0/s1. The number of nitrogens with zero attached hydrogens (tertiary/aromatic N) is 4. The molecular weight excluding hydrogens is 394 g/mol. The van der Waals surface area contributed by atoms with Crippen molar-refractivity contribution < 1.29 is 14.1 Å². The van der Waals surface area contributed by atoms with Crippen molar-refractivity contribution in [2.24, 2.45) is 0 Å². The van der Waals surface area contributed by atoms with Gasteiger partial charge in [-0.15, -0.1) is 0 Å². The van der Waals surface area contributed by atoms with Crippen LogP contribution in [0, 0.1) is 6.92 Å². The number of aromatic nitrogens is 2. The van der Waals surface area contributed by atoms with Gasteiger partial charge in [0, 0.05) is 49.9 Å². The van der Waals surface area contributed by atoms with E-state index in [0.717, 1.165) is 24.3 Å². The van der Waals surface area contributed by atoms with E-state index >= 15 is 0 Å². The van der Waals surface area contributed by atoms with Gasteiger partial charge in [0.25, 0.3) is 5.91 Å². The van der Waals surface area contributed by atoms with Crippen LogP contribution in [0.2, 0.25) is 0 Å². The van der Waals surface area contributed by atoms with Gasteiger partial charge in [0.1, 0.15) is 6.04 Å². The number of rotatable bonds is 5. The molecule has 0 radical (unpaired) electrons. The molecule has 1 aliphatic heterocycles. The molecule has 1 N–H and O–H groups in total. The maximum atomic E-state index is 12.8. The molecular formula is C23H25N5O3. The summed E-state index contributed by atoms with van der Waals surface area (Å²) in [5.41, 5.74) is 2.53. The van der Waals surface area contributed by atoms with E-state index in [1.165, 1.54) is 0 Å². The normalized spacial score (nSPS) is 14.9. The van der Waals surface area contributed by atoms with Gasteiger partial charge in [-0.2, -0.15) is 4.98 Å². The van der Waals surface area contributed by atoms with Crippen LogP contribution < -0.4 is 10.2 Å². The maximum absolute atomic E-state index is 12.8. The Bertz CT molecular complexity index is 1040. The van der Waals surface area contributed by atoms with Gasteiger partial charge in [-0.1, -0.05) is 23.4 Å². The second-order valence-electron chi connectivity index (χ2n) is 7.56. The lowest BCUT2D eigenvalue weighted by atomic mass is 10.1. The number of hydrogen-bond donors (Lipinski definition) is 1. The molecule has 1 saturated heterocycles. The van der Waals surface area contributed by atoms with E-state index in [1.807, 2.05) is 35.2 Å². The summed E-state index contributed by atoms with van der Waals surface area (Å²) in [6.45, 7) is 6.16. The largest absolute Gasteiger partial charge is 0.368 e. The highest BCUT2D eigenvalue weighted by Gasteiger charge is 2.26. The van der Waals surface area contributed by atoms with Gasteiger partial charge in [-0.3, -0.25) is 9.59 Å². The van der Waals surface area contributed by atoms with Gasteiger partial charge in [0.15, 0.2) is 0 Å².